The van der Waals surface area contributed by atoms with Gasteiger partial charge in [0, 0.05) is 25.5 Å². The molecule has 3 aromatic rings. The molecule has 6 nitrogen and oxygen atoms in total. The summed E-state index contributed by atoms with van der Waals surface area (Å²) >= 11 is 0. The van der Waals surface area contributed by atoms with Crippen LogP contribution in [-0.4, -0.2) is 33.4 Å². The Morgan fingerprint density at radius 2 is 1.85 bits per heavy atom. The molecule has 1 aliphatic rings. The van der Waals surface area contributed by atoms with Crippen LogP contribution in [-0.2, 0) is 17.8 Å². The highest BCUT2D eigenvalue weighted by Crippen LogP contribution is 2.22. The molecule has 0 N–H and O–H groups in total. The van der Waals surface area contributed by atoms with Crippen molar-refractivity contribution in [2.75, 3.05) is 13.1 Å². The molecule has 1 amide bonds. The number of hydrogen-bond donors (Lipinski definition) is 0. The van der Waals surface area contributed by atoms with E-state index < -0.39 is 5.76 Å². The van der Waals surface area contributed by atoms with Crippen LogP contribution in [0.5, 0.6) is 0 Å². The molecule has 0 saturated carbocycles. The second-order valence-electron chi connectivity index (χ2n) is 6.81. The molecule has 134 valence electrons. The number of pyridine rings is 1. The van der Waals surface area contributed by atoms with Gasteiger partial charge < -0.3 is 9.32 Å². The maximum atomic E-state index is 12.6. The van der Waals surface area contributed by atoms with Gasteiger partial charge >= 0.3 is 5.76 Å². The molecule has 26 heavy (non-hydrogen) atoms. The first-order valence-electron chi connectivity index (χ1n) is 8.96. The molecule has 6 heteroatoms. The molecule has 1 aromatic carbocycles. The van der Waals surface area contributed by atoms with Crippen LogP contribution < -0.4 is 5.76 Å². The zero-order valence-electron chi connectivity index (χ0n) is 14.5. The van der Waals surface area contributed by atoms with E-state index in [1.54, 1.807) is 12.1 Å². The van der Waals surface area contributed by atoms with E-state index in [1.807, 2.05) is 41.6 Å². The molecule has 2 aromatic heterocycles. The largest absolute Gasteiger partial charge is 0.420 e. The maximum absolute atomic E-state index is 12.6. The van der Waals surface area contributed by atoms with E-state index in [0.29, 0.717) is 17.0 Å². The fraction of sp³-hybridized carbons (Fsp3) is 0.350. The first-order chi connectivity index (χ1) is 12.7. The Balaban J connectivity index is 1.38. The van der Waals surface area contributed by atoms with Crippen LogP contribution in [0.2, 0.25) is 0 Å². The lowest BCUT2D eigenvalue weighted by Crippen LogP contribution is -2.41. The van der Waals surface area contributed by atoms with E-state index in [2.05, 4.69) is 4.98 Å². The number of nitrogens with zero attached hydrogens (tertiary/aromatic N) is 3. The summed E-state index contributed by atoms with van der Waals surface area (Å²) in [7, 11) is 0. The van der Waals surface area contributed by atoms with Crippen LogP contribution in [0.3, 0.4) is 0 Å². The number of carbonyl (C=O) groups excluding carboxylic acids is 1. The topological polar surface area (TPSA) is 68.3 Å². The summed E-state index contributed by atoms with van der Waals surface area (Å²) in [5, 5.41) is 0. The van der Waals surface area contributed by atoms with E-state index in [4.69, 9.17) is 4.42 Å². The molecule has 3 heterocycles. The van der Waals surface area contributed by atoms with E-state index in [-0.39, 0.29) is 12.5 Å². The van der Waals surface area contributed by atoms with E-state index >= 15 is 0 Å². The minimum Gasteiger partial charge on any atom is -0.408 e. The average Bonchev–Trinajstić information content (AvgIpc) is 2.98. The molecule has 1 saturated heterocycles. The summed E-state index contributed by atoms with van der Waals surface area (Å²) in [6, 6.07) is 11.3. The second-order valence-corrected chi connectivity index (χ2v) is 6.81. The molecule has 0 radical (unpaired) electrons. The predicted molar refractivity (Wildman–Crippen MR) is 97.7 cm³/mol. The van der Waals surface area contributed by atoms with Crippen molar-refractivity contribution in [1.29, 1.82) is 0 Å². The first kappa shape index (κ1) is 16.6. The lowest BCUT2D eigenvalue weighted by atomic mass is 9.90. The van der Waals surface area contributed by atoms with Crippen molar-refractivity contribution in [2.45, 2.75) is 25.8 Å². The normalized spacial score (nSPS) is 15.5. The highest BCUT2D eigenvalue weighted by Gasteiger charge is 2.24. The molecular weight excluding hydrogens is 330 g/mol. The van der Waals surface area contributed by atoms with Crippen molar-refractivity contribution < 1.29 is 9.21 Å². The van der Waals surface area contributed by atoms with Gasteiger partial charge in [0.15, 0.2) is 5.58 Å². The summed E-state index contributed by atoms with van der Waals surface area (Å²) in [6.45, 7) is 1.50. The Bertz CT molecular complexity index is 953. The minimum atomic E-state index is -0.480. The Hall–Kier alpha value is -2.89. The number of amides is 1. The van der Waals surface area contributed by atoms with Crippen LogP contribution in [0.25, 0.3) is 11.1 Å². The quantitative estimate of drug-likeness (QED) is 0.724. The zero-order valence-corrected chi connectivity index (χ0v) is 14.5. The SMILES string of the molecule is O=C(Cn1c(=O)oc2ccccc21)N1CCC(Cc2ccncc2)CC1. The monoisotopic (exact) mass is 351 g/mol. The number of carbonyl (C=O) groups is 1. The van der Waals surface area contributed by atoms with Gasteiger partial charge in [-0.05, 0) is 55.0 Å². The number of fused-ring (bicyclic) bond motifs is 1. The van der Waals surface area contributed by atoms with Crippen molar-refractivity contribution in [2.24, 2.45) is 5.92 Å². The lowest BCUT2D eigenvalue weighted by molar-refractivity contribution is -0.133. The smallest absolute Gasteiger partial charge is 0.408 e. The summed E-state index contributed by atoms with van der Waals surface area (Å²) in [5.41, 5.74) is 2.47. The van der Waals surface area contributed by atoms with Gasteiger partial charge in [0.1, 0.15) is 6.54 Å². The molecule has 1 aliphatic heterocycles. The molecule has 0 bridgehead atoms. The third-order valence-corrected chi connectivity index (χ3v) is 5.11. The van der Waals surface area contributed by atoms with Gasteiger partial charge in [-0.3, -0.25) is 14.3 Å². The summed E-state index contributed by atoms with van der Waals surface area (Å²) in [6.07, 6.45) is 6.63. The standard InChI is InChI=1S/C20H21N3O3/c24-19(14-23-17-3-1-2-4-18(17)26-20(23)25)22-11-7-16(8-12-22)13-15-5-9-21-10-6-15/h1-6,9-10,16H,7-8,11-14H2. The van der Waals surface area contributed by atoms with Crippen LogP contribution in [0.15, 0.2) is 58.0 Å². The summed E-state index contributed by atoms with van der Waals surface area (Å²) in [5.74, 6) is 0.0760. The minimum absolute atomic E-state index is 0.0268. The second kappa shape index (κ2) is 7.15. The third kappa shape index (κ3) is 3.40. The highest BCUT2D eigenvalue weighted by atomic mass is 16.4. The molecule has 1 fully saturated rings. The van der Waals surface area contributed by atoms with Gasteiger partial charge in [-0.2, -0.15) is 0 Å². The van der Waals surface area contributed by atoms with Gasteiger partial charge in [-0.25, -0.2) is 4.79 Å². The number of piperidine rings is 1. The lowest BCUT2D eigenvalue weighted by Gasteiger charge is -2.32. The van der Waals surface area contributed by atoms with E-state index in [1.165, 1.54) is 10.1 Å². The molecule has 0 spiro atoms. The Labute approximate surface area is 151 Å². The number of aromatic nitrogens is 2. The van der Waals surface area contributed by atoms with Crippen molar-refractivity contribution in [3.8, 4) is 0 Å². The van der Waals surface area contributed by atoms with E-state index in [9.17, 15) is 9.59 Å². The number of para-hydroxylation sites is 2. The van der Waals surface area contributed by atoms with E-state index in [0.717, 1.165) is 32.4 Å². The third-order valence-electron chi connectivity index (χ3n) is 5.11. The predicted octanol–water partition coefficient (Wildman–Crippen LogP) is 2.47. The van der Waals surface area contributed by atoms with Crippen molar-refractivity contribution in [3.63, 3.8) is 0 Å². The van der Waals surface area contributed by atoms with Gasteiger partial charge in [-0.1, -0.05) is 12.1 Å². The summed E-state index contributed by atoms with van der Waals surface area (Å²) in [4.78, 5) is 30.6. The van der Waals surface area contributed by atoms with Crippen LogP contribution >= 0.6 is 0 Å². The number of likely N-dealkylation sites (tertiary alicyclic amines) is 1. The fourth-order valence-electron chi connectivity index (χ4n) is 3.64. The van der Waals surface area contributed by atoms with Gasteiger partial charge in [0.2, 0.25) is 5.91 Å². The van der Waals surface area contributed by atoms with Crippen LogP contribution in [0.4, 0.5) is 0 Å². The maximum Gasteiger partial charge on any atom is 0.420 e. The molecule has 0 unspecified atom stereocenters. The molecule has 4 rings (SSSR count). The summed E-state index contributed by atoms with van der Waals surface area (Å²) < 4.78 is 6.62. The van der Waals surface area contributed by atoms with Gasteiger partial charge in [-0.15, -0.1) is 0 Å². The number of benzene rings is 1. The molecule has 0 aliphatic carbocycles. The zero-order chi connectivity index (χ0) is 17.9. The van der Waals surface area contributed by atoms with Crippen molar-refractivity contribution in [1.82, 2.24) is 14.5 Å². The Morgan fingerprint density at radius 1 is 1.12 bits per heavy atom. The molecule has 0 atom stereocenters. The number of rotatable bonds is 4. The van der Waals surface area contributed by atoms with Crippen molar-refractivity contribution in [3.05, 3.63) is 64.9 Å². The Morgan fingerprint density at radius 3 is 2.62 bits per heavy atom. The first-order valence-corrected chi connectivity index (χ1v) is 8.96. The van der Waals surface area contributed by atoms with Crippen LogP contribution in [0, 0.1) is 5.92 Å². The fourth-order valence-corrected chi connectivity index (χ4v) is 3.64. The molecular formula is C20H21N3O3. The number of hydrogen-bond acceptors (Lipinski definition) is 4. The average molecular weight is 351 g/mol. The van der Waals surface area contributed by atoms with Gasteiger partial charge in [0.05, 0.1) is 5.52 Å². The highest BCUT2D eigenvalue weighted by molar-refractivity contribution is 5.79. The number of oxazole rings is 1. The van der Waals surface area contributed by atoms with Crippen molar-refractivity contribution >= 4 is 17.0 Å². The Kier molecular flexibility index (Phi) is 4.56. The van der Waals surface area contributed by atoms with Crippen LogP contribution in [0.1, 0.15) is 18.4 Å². The van der Waals surface area contributed by atoms with Gasteiger partial charge in [0.25, 0.3) is 0 Å².